The van der Waals surface area contributed by atoms with Gasteiger partial charge in [-0.3, -0.25) is 0 Å². The normalized spacial score (nSPS) is 10.4. The fourth-order valence-electron chi connectivity index (χ4n) is 1.66. The Kier molecular flexibility index (Phi) is 5.97. The van der Waals surface area contributed by atoms with Crippen LogP contribution in [-0.2, 0) is 4.74 Å². The summed E-state index contributed by atoms with van der Waals surface area (Å²) in [5.41, 5.74) is 6.76. The number of ether oxygens (including phenoxy) is 1. The zero-order valence-corrected chi connectivity index (χ0v) is 11.0. The third-order valence-electron chi connectivity index (χ3n) is 2.50. The van der Waals surface area contributed by atoms with Gasteiger partial charge in [-0.25, -0.2) is 4.39 Å². The molecule has 0 aliphatic heterocycles. The van der Waals surface area contributed by atoms with Crippen LogP contribution in [0.25, 0.3) is 0 Å². The van der Waals surface area contributed by atoms with Gasteiger partial charge in [0.1, 0.15) is 10.8 Å². The molecule has 1 rings (SSSR count). The number of anilines is 1. The van der Waals surface area contributed by atoms with Crippen LogP contribution in [0, 0.1) is 5.82 Å². The van der Waals surface area contributed by atoms with Gasteiger partial charge in [-0.05, 0) is 18.2 Å². The average molecular weight is 272 g/mol. The number of rotatable bonds is 7. The third-order valence-corrected chi connectivity index (χ3v) is 2.72. The highest BCUT2D eigenvalue weighted by Gasteiger charge is 2.13. The molecule has 6 heteroatoms. The minimum atomic E-state index is -0.391. The summed E-state index contributed by atoms with van der Waals surface area (Å²) >= 11 is 4.92. The monoisotopic (exact) mass is 272 g/mol. The van der Waals surface area contributed by atoms with Crippen LogP contribution in [-0.4, -0.2) is 43.5 Å². The standard InChI is InChI=1S/C12H17FN2O2S/c1-17-7-5-15(4-6-16)11-3-2-9(13)8-10(11)12(14)18/h2-3,8,16H,4-7H2,1H3,(H2,14,18). The maximum absolute atomic E-state index is 13.2. The van der Waals surface area contributed by atoms with E-state index < -0.39 is 5.82 Å². The third kappa shape index (κ3) is 3.90. The van der Waals surface area contributed by atoms with Crippen molar-refractivity contribution in [3.8, 4) is 0 Å². The molecule has 0 unspecified atom stereocenters. The lowest BCUT2D eigenvalue weighted by Gasteiger charge is -2.25. The lowest BCUT2D eigenvalue weighted by atomic mass is 10.1. The molecule has 0 aliphatic rings. The minimum Gasteiger partial charge on any atom is -0.395 e. The topological polar surface area (TPSA) is 58.7 Å². The van der Waals surface area contributed by atoms with E-state index in [1.54, 1.807) is 13.2 Å². The molecule has 0 amide bonds. The molecule has 0 radical (unpaired) electrons. The Morgan fingerprint density at radius 1 is 1.50 bits per heavy atom. The summed E-state index contributed by atoms with van der Waals surface area (Å²) in [6.45, 7) is 1.45. The lowest BCUT2D eigenvalue weighted by Crippen LogP contribution is -2.32. The van der Waals surface area contributed by atoms with Crippen LogP contribution in [0.15, 0.2) is 18.2 Å². The number of nitrogens with zero attached hydrogens (tertiary/aromatic N) is 1. The molecule has 0 saturated carbocycles. The fraction of sp³-hybridized carbons (Fsp3) is 0.417. The molecule has 3 N–H and O–H groups in total. The Bertz CT molecular complexity index is 415. The van der Waals surface area contributed by atoms with Crippen LogP contribution in [0.4, 0.5) is 10.1 Å². The van der Waals surface area contributed by atoms with Gasteiger partial charge in [-0.1, -0.05) is 12.2 Å². The van der Waals surface area contributed by atoms with Crippen molar-refractivity contribution in [1.29, 1.82) is 0 Å². The van der Waals surface area contributed by atoms with E-state index in [4.69, 9.17) is 27.8 Å². The number of hydrogen-bond donors (Lipinski definition) is 2. The highest BCUT2D eigenvalue weighted by atomic mass is 32.1. The Balaban J connectivity index is 3.05. The fourth-order valence-corrected chi connectivity index (χ4v) is 1.82. The van der Waals surface area contributed by atoms with E-state index in [0.717, 1.165) is 0 Å². The van der Waals surface area contributed by atoms with Crippen molar-refractivity contribution >= 4 is 22.9 Å². The Morgan fingerprint density at radius 2 is 2.22 bits per heavy atom. The molecule has 0 fully saturated rings. The highest BCUT2D eigenvalue weighted by molar-refractivity contribution is 7.80. The smallest absolute Gasteiger partial charge is 0.124 e. The van der Waals surface area contributed by atoms with E-state index in [1.165, 1.54) is 12.1 Å². The Labute approximate surface area is 111 Å². The first-order valence-corrected chi connectivity index (χ1v) is 5.95. The van der Waals surface area contributed by atoms with E-state index >= 15 is 0 Å². The number of thiocarbonyl (C=S) groups is 1. The second kappa shape index (κ2) is 7.25. The number of benzene rings is 1. The number of aliphatic hydroxyl groups excluding tert-OH is 1. The first-order valence-electron chi connectivity index (χ1n) is 5.54. The molecule has 0 heterocycles. The van der Waals surface area contributed by atoms with Crippen molar-refractivity contribution in [2.75, 3.05) is 38.3 Å². The second-order valence-electron chi connectivity index (χ2n) is 3.73. The van der Waals surface area contributed by atoms with Crippen LogP contribution < -0.4 is 10.6 Å². The minimum absolute atomic E-state index is 0.0160. The molecular weight excluding hydrogens is 255 g/mol. The molecule has 0 aliphatic carbocycles. The van der Waals surface area contributed by atoms with E-state index in [0.29, 0.717) is 30.9 Å². The van der Waals surface area contributed by atoms with Crippen LogP contribution >= 0.6 is 12.2 Å². The molecule has 0 aromatic heterocycles. The molecule has 0 bridgehead atoms. The zero-order chi connectivity index (χ0) is 13.5. The van der Waals surface area contributed by atoms with Gasteiger partial charge < -0.3 is 20.5 Å². The van der Waals surface area contributed by atoms with Gasteiger partial charge in [-0.15, -0.1) is 0 Å². The summed E-state index contributed by atoms with van der Waals surface area (Å²) in [5.74, 6) is -0.391. The van der Waals surface area contributed by atoms with Crippen molar-refractivity contribution in [1.82, 2.24) is 0 Å². The first kappa shape index (κ1) is 14.8. The van der Waals surface area contributed by atoms with Crippen molar-refractivity contribution in [2.24, 2.45) is 5.73 Å². The van der Waals surface area contributed by atoms with E-state index in [-0.39, 0.29) is 11.6 Å². The van der Waals surface area contributed by atoms with Gasteiger partial charge in [0.2, 0.25) is 0 Å². The molecule has 1 aromatic carbocycles. The average Bonchev–Trinajstić information content (AvgIpc) is 2.34. The predicted octanol–water partition coefficient (Wildman–Crippen LogP) is 0.905. The summed E-state index contributed by atoms with van der Waals surface area (Å²) in [6, 6.07) is 4.25. The van der Waals surface area contributed by atoms with Gasteiger partial charge >= 0.3 is 0 Å². The maximum atomic E-state index is 13.2. The van der Waals surface area contributed by atoms with E-state index in [1.807, 2.05) is 4.90 Å². The van der Waals surface area contributed by atoms with E-state index in [2.05, 4.69) is 0 Å². The summed E-state index contributed by atoms with van der Waals surface area (Å²) in [6.07, 6.45) is 0. The van der Waals surface area contributed by atoms with Gasteiger partial charge in [0.25, 0.3) is 0 Å². The summed E-state index contributed by atoms with van der Waals surface area (Å²) in [5, 5.41) is 9.06. The van der Waals surface area contributed by atoms with Gasteiger partial charge in [0.15, 0.2) is 0 Å². The van der Waals surface area contributed by atoms with Crippen LogP contribution in [0.5, 0.6) is 0 Å². The van der Waals surface area contributed by atoms with Crippen molar-refractivity contribution < 1.29 is 14.2 Å². The quantitative estimate of drug-likeness (QED) is 0.722. The van der Waals surface area contributed by atoms with Gasteiger partial charge in [0, 0.05) is 31.5 Å². The first-order chi connectivity index (χ1) is 8.60. The Hall–Kier alpha value is -1.24. The van der Waals surface area contributed by atoms with Crippen LogP contribution in [0.1, 0.15) is 5.56 Å². The SMILES string of the molecule is COCCN(CCO)c1ccc(F)cc1C(N)=S. The molecule has 0 spiro atoms. The molecule has 1 aromatic rings. The van der Waals surface area contributed by atoms with Gasteiger partial charge in [0.05, 0.1) is 13.2 Å². The van der Waals surface area contributed by atoms with Crippen LogP contribution in [0.2, 0.25) is 0 Å². The molecule has 0 atom stereocenters. The van der Waals surface area contributed by atoms with E-state index in [9.17, 15) is 4.39 Å². The van der Waals surface area contributed by atoms with Crippen molar-refractivity contribution in [3.63, 3.8) is 0 Å². The molecule has 0 saturated heterocycles. The van der Waals surface area contributed by atoms with Crippen LogP contribution in [0.3, 0.4) is 0 Å². The number of aliphatic hydroxyl groups is 1. The maximum Gasteiger partial charge on any atom is 0.124 e. The molecule has 18 heavy (non-hydrogen) atoms. The number of halogens is 1. The summed E-state index contributed by atoms with van der Waals surface area (Å²) in [7, 11) is 1.59. The zero-order valence-electron chi connectivity index (χ0n) is 10.2. The number of hydrogen-bond acceptors (Lipinski definition) is 4. The van der Waals surface area contributed by atoms with Crippen molar-refractivity contribution in [2.45, 2.75) is 0 Å². The summed E-state index contributed by atoms with van der Waals surface area (Å²) < 4.78 is 18.2. The molecular formula is C12H17FN2O2S. The lowest BCUT2D eigenvalue weighted by molar-refractivity contribution is 0.203. The molecule has 100 valence electrons. The second-order valence-corrected chi connectivity index (χ2v) is 4.17. The number of nitrogens with two attached hydrogens (primary N) is 1. The van der Waals surface area contributed by atoms with Crippen molar-refractivity contribution in [3.05, 3.63) is 29.6 Å². The number of methoxy groups -OCH3 is 1. The highest BCUT2D eigenvalue weighted by Crippen LogP contribution is 2.21. The summed E-state index contributed by atoms with van der Waals surface area (Å²) in [4.78, 5) is 1.99. The van der Waals surface area contributed by atoms with Gasteiger partial charge in [-0.2, -0.15) is 0 Å². The largest absolute Gasteiger partial charge is 0.395 e. The molecule has 4 nitrogen and oxygen atoms in total. The Morgan fingerprint density at radius 3 is 2.78 bits per heavy atom. The predicted molar refractivity (Wildman–Crippen MR) is 73.5 cm³/mol.